The molecule has 2 aliphatic rings. The standard InChI is InChI=1S/C22H26N2O4S2/c1-28-19-11-10-15(14-21(19)30(26,27)24-16-6-2-3-7-16)22(25)23-18-12-13-29-20-9-5-4-8-17(18)20/h4-5,8-11,14,16,18,24H,2-3,6-7,12-13H2,1H3,(H,23,25)/t18-/m0/s1. The number of hydrogen-bond acceptors (Lipinski definition) is 5. The van der Waals surface area contributed by atoms with Crippen LogP contribution in [0.25, 0.3) is 0 Å². The third kappa shape index (κ3) is 4.50. The first-order valence-electron chi connectivity index (χ1n) is 10.2. The number of benzene rings is 2. The van der Waals surface area contributed by atoms with Crippen molar-refractivity contribution >= 4 is 27.7 Å². The van der Waals surface area contributed by atoms with Crippen LogP contribution < -0.4 is 14.8 Å². The lowest BCUT2D eigenvalue weighted by Crippen LogP contribution is -2.33. The summed E-state index contributed by atoms with van der Waals surface area (Å²) in [5, 5.41) is 3.07. The number of ether oxygens (including phenoxy) is 1. The summed E-state index contributed by atoms with van der Waals surface area (Å²) in [6, 6.07) is 12.5. The SMILES string of the molecule is COc1ccc(C(=O)N[C@H]2CCSc3ccccc32)cc1S(=O)(=O)NC1CCCC1. The number of sulfonamides is 1. The Kier molecular flexibility index (Phi) is 6.36. The topological polar surface area (TPSA) is 84.5 Å². The van der Waals surface area contributed by atoms with E-state index in [1.165, 1.54) is 18.1 Å². The molecule has 1 amide bonds. The normalized spacial score (nSPS) is 19.3. The van der Waals surface area contributed by atoms with Crippen molar-refractivity contribution in [1.29, 1.82) is 0 Å². The van der Waals surface area contributed by atoms with E-state index >= 15 is 0 Å². The first kappa shape index (κ1) is 21.2. The molecule has 2 aromatic rings. The molecule has 2 aromatic carbocycles. The second kappa shape index (κ2) is 8.99. The highest BCUT2D eigenvalue weighted by Crippen LogP contribution is 2.36. The fourth-order valence-electron chi connectivity index (χ4n) is 4.09. The molecule has 2 N–H and O–H groups in total. The van der Waals surface area contributed by atoms with Crippen molar-refractivity contribution in [3.8, 4) is 5.75 Å². The van der Waals surface area contributed by atoms with Gasteiger partial charge in [0, 0.05) is 22.3 Å². The molecule has 6 nitrogen and oxygen atoms in total. The van der Waals surface area contributed by atoms with Gasteiger partial charge in [-0.05, 0) is 49.1 Å². The van der Waals surface area contributed by atoms with Crippen molar-refractivity contribution in [3.63, 3.8) is 0 Å². The zero-order valence-corrected chi connectivity index (χ0v) is 18.5. The van der Waals surface area contributed by atoms with Gasteiger partial charge in [0.2, 0.25) is 10.0 Å². The number of fused-ring (bicyclic) bond motifs is 1. The Morgan fingerprint density at radius 3 is 2.63 bits per heavy atom. The number of carbonyl (C=O) groups excluding carboxylic acids is 1. The molecule has 1 heterocycles. The molecule has 0 aromatic heterocycles. The Labute approximate surface area is 181 Å². The highest BCUT2D eigenvalue weighted by Gasteiger charge is 2.28. The van der Waals surface area contributed by atoms with Gasteiger partial charge in [-0.15, -0.1) is 11.8 Å². The smallest absolute Gasteiger partial charge is 0.251 e. The molecule has 1 saturated carbocycles. The van der Waals surface area contributed by atoms with Gasteiger partial charge in [-0.2, -0.15) is 0 Å². The van der Waals surface area contributed by atoms with E-state index in [1.807, 2.05) is 18.2 Å². The molecule has 0 saturated heterocycles. The van der Waals surface area contributed by atoms with E-state index in [0.29, 0.717) is 5.56 Å². The summed E-state index contributed by atoms with van der Waals surface area (Å²) >= 11 is 1.79. The minimum Gasteiger partial charge on any atom is -0.495 e. The molecule has 8 heteroatoms. The van der Waals surface area contributed by atoms with E-state index in [9.17, 15) is 13.2 Å². The minimum atomic E-state index is -3.78. The third-order valence-electron chi connectivity index (χ3n) is 5.66. The second-order valence-corrected chi connectivity index (χ2v) is 10.5. The Morgan fingerprint density at radius 1 is 1.10 bits per heavy atom. The first-order chi connectivity index (χ1) is 14.5. The molecule has 160 valence electrons. The van der Waals surface area contributed by atoms with Crippen LogP contribution in [0.5, 0.6) is 5.75 Å². The van der Waals surface area contributed by atoms with Gasteiger partial charge in [0.25, 0.3) is 5.91 Å². The van der Waals surface area contributed by atoms with Gasteiger partial charge in [-0.1, -0.05) is 31.0 Å². The highest BCUT2D eigenvalue weighted by atomic mass is 32.2. The number of thioether (sulfide) groups is 1. The van der Waals surface area contributed by atoms with Crippen molar-refractivity contribution in [2.45, 2.75) is 54.0 Å². The molecule has 30 heavy (non-hydrogen) atoms. The largest absolute Gasteiger partial charge is 0.495 e. The number of amides is 1. The lowest BCUT2D eigenvalue weighted by atomic mass is 10.0. The summed E-state index contributed by atoms with van der Waals surface area (Å²) in [4.78, 5) is 14.1. The van der Waals surface area contributed by atoms with E-state index < -0.39 is 10.0 Å². The van der Waals surface area contributed by atoms with Crippen molar-refractivity contribution in [3.05, 3.63) is 53.6 Å². The van der Waals surface area contributed by atoms with E-state index in [-0.39, 0.29) is 28.6 Å². The number of methoxy groups -OCH3 is 1. The van der Waals surface area contributed by atoms with Crippen molar-refractivity contribution in [2.24, 2.45) is 0 Å². The highest BCUT2D eigenvalue weighted by molar-refractivity contribution is 7.99. The Morgan fingerprint density at radius 2 is 1.87 bits per heavy atom. The number of nitrogens with one attached hydrogen (secondary N) is 2. The van der Waals surface area contributed by atoms with E-state index in [0.717, 1.165) is 43.4 Å². The molecule has 1 atom stereocenters. The molecule has 0 spiro atoms. The maximum atomic E-state index is 13.0. The maximum absolute atomic E-state index is 13.0. The van der Waals surface area contributed by atoms with Gasteiger partial charge in [0.1, 0.15) is 10.6 Å². The van der Waals surface area contributed by atoms with Crippen LogP contribution in [0, 0.1) is 0 Å². The first-order valence-corrected chi connectivity index (χ1v) is 12.7. The van der Waals surface area contributed by atoms with Gasteiger partial charge in [0.15, 0.2) is 0 Å². The van der Waals surface area contributed by atoms with Crippen LogP contribution in [0.4, 0.5) is 0 Å². The lowest BCUT2D eigenvalue weighted by Gasteiger charge is -2.26. The molecule has 0 radical (unpaired) electrons. The maximum Gasteiger partial charge on any atom is 0.251 e. The number of carbonyl (C=O) groups is 1. The summed E-state index contributed by atoms with van der Waals surface area (Å²) in [5.74, 6) is 0.869. The zero-order chi connectivity index (χ0) is 21.1. The van der Waals surface area contributed by atoms with Crippen LogP contribution in [-0.4, -0.2) is 33.2 Å². The van der Waals surface area contributed by atoms with E-state index in [1.54, 1.807) is 23.9 Å². The summed E-state index contributed by atoms with van der Waals surface area (Å²) in [6.45, 7) is 0. The summed E-state index contributed by atoms with van der Waals surface area (Å²) < 4.78 is 34.0. The van der Waals surface area contributed by atoms with Gasteiger partial charge in [0.05, 0.1) is 13.2 Å². The molecule has 0 bridgehead atoms. The van der Waals surface area contributed by atoms with Gasteiger partial charge >= 0.3 is 0 Å². The zero-order valence-electron chi connectivity index (χ0n) is 16.9. The lowest BCUT2D eigenvalue weighted by molar-refractivity contribution is 0.0934. The molecule has 4 rings (SSSR count). The summed E-state index contributed by atoms with van der Waals surface area (Å²) in [7, 11) is -2.35. The Hall–Kier alpha value is -2.03. The third-order valence-corrected chi connectivity index (χ3v) is 8.32. The van der Waals surface area contributed by atoms with Crippen LogP contribution in [0.15, 0.2) is 52.3 Å². The molecular formula is C22H26N2O4S2. The number of hydrogen-bond donors (Lipinski definition) is 2. The molecule has 0 unspecified atom stereocenters. The monoisotopic (exact) mass is 446 g/mol. The Bertz CT molecular complexity index is 1030. The van der Waals surface area contributed by atoms with Gasteiger partial charge in [-0.25, -0.2) is 13.1 Å². The number of rotatable bonds is 6. The fourth-order valence-corrected chi connectivity index (χ4v) is 6.71. The fraction of sp³-hybridized carbons (Fsp3) is 0.409. The molecular weight excluding hydrogens is 420 g/mol. The molecule has 1 fully saturated rings. The van der Waals surface area contributed by atoms with Crippen LogP contribution in [0.3, 0.4) is 0 Å². The average Bonchev–Trinajstić information content (AvgIpc) is 3.26. The van der Waals surface area contributed by atoms with Gasteiger partial charge in [-0.3, -0.25) is 4.79 Å². The van der Waals surface area contributed by atoms with E-state index in [2.05, 4.69) is 16.1 Å². The summed E-state index contributed by atoms with van der Waals surface area (Å²) in [6.07, 6.45) is 4.54. The predicted octanol–water partition coefficient (Wildman–Crippen LogP) is 3.88. The van der Waals surface area contributed by atoms with Crippen LogP contribution in [0.2, 0.25) is 0 Å². The van der Waals surface area contributed by atoms with Crippen LogP contribution >= 0.6 is 11.8 Å². The van der Waals surface area contributed by atoms with Crippen molar-refractivity contribution < 1.29 is 17.9 Å². The molecule has 1 aliphatic carbocycles. The quantitative estimate of drug-likeness (QED) is 0.703. The molecule has 1 aliphatic heterocycles. The predicted molar refractivity (Wildman–Crippen MR) is 118 cm³/mol. The summed E-state index contributed by atoms with van der Waals surface area (Å²) in [5.41, 5.74) is 1.41. The Balaban J connectivity index is 1.57. The second-order valence-electron chi connectivity index (χ2n) is 7.67. The van der Waals surface area contributed by atoms with Crippen molar-refractivity contribution in [1.82, 2.24) is 10.0 Å². The van der Waals surface area contributed by atoms with Crippen LogP contribution in [0.1, 0.15) is 54.1 Å². The van der Waals surface area contributed by atoms with Crippen molar-refractivity contribution in [2.75, 3.05) is 12.9 Å². The average molecular weight is 447 g/mol. The van der Waals surface area contributed by atoms with E-state index in [4.69, 9.17) is 4.74 Å². The van der Waals surface area contributed by atoms with Gasteiger partial charge < -0.3 is 10.1 Å². The minimum absolute atomic E-state index is 0.00384. The van der Waals surface area contributed by atoms with Crippen LogP contribution in [-0.2, 0) is 10.0 Å².